The van der Waals surface area contributed by atoms with E-state index in [1.165, 1.54) is 14.2 Å². The molecule has 0 spiro atoms. The number of carbonyl (C=O) groups is 2. The summed E-state index contributed by atoms with van der Waals surface area (Å²) in [7, 11) is -1.16. The van der Waals surface area contributed by atoms with Crippen LogP contribution in [0.5, 0.6) is 0 Å². The Kier molecular flexibility index (Phi) is 4.90. The lowest BCUT2D eigenvalue weighted by Gasteiger charge is -2.28. The summed E-state index contributed by atoms with van der Waals surface area (Å²) in [5.41, 5.74) is -1.09. The fourth-order valence-electron chi connectivity index (χ4n) is 4.08. The van der Waals surface area contributed by atoms with Gasteiger partial charge in [-0.1, -0.05) is 84.9 Å². The smallest absolute Gasteiger partial charge is 0.372 e. The summed E-state index contributed by atoms with van der Waals surface area (Å²) in [6, 6.07) is 26.9. The Balaban J connectivity index is 2.21. The molecule has 4 aromatic rings. The first-order valence-corrected chi connectivity index (χ1v) is 11.3. The number of ether oxygens (including phenoxy) is 2. The summed E-state index contributed by atoms with van der Waals surface area (Å²) in [5.74, 6) is 0. The van der Waals surface area contributed by atoms with E-state index in [0.717, 1.165) is 21.5 Å². The van der Waals surface area contributed by atoms with E-state index in [2.05, 4.69) is 0 Å². The third kappa shape index (κ3) is 2.82. The zero-order chi connectivity index (χ0) is 20.4. The predicted octanol–water partition coefficient (Wildman–Crippen LogP) is 4.25. The van der Waals surface area contributed by atoms with Crippen LogP contribution in [0.15, 0.2) is 84.9 Å². The van der Waals surface area contributed by atoms with Gasteiger partial charge in [0.1, 0.15) is 0 Å². The zero-order valence-corrected chi connectivity index (χ0v) is 17.2. The Morgan fingerprint density at radius 2 is 0.966 bits per heavy atom. The molecule has 144 valence electrons. The van der Waals surface area contributed by atoms with Crippen molar-refractivity contribution in [1.82, 2.24) is 0 Å². The Morgan fingerprint density at radius 3 is 1.38 bits per heavy atom. The quantitative estimate of drug-likeness (QED) is 0.481. The van der Waals surface area contributed by atoms with Crippen molar-refractivity contribution in [3.05, 3.63) is 84.9 Å². The molecule has 0 saturated heterocycles. The van der Waals surface area contributed by atoms with Crippen LogP contribution in [0, 0.1) is 0 Å². The van der Waals surface area contributed by atoms with Crippen molar-refractivity contribution in [3.8, 4) is 0 Å². The summed E-state index contributed by atoms with van der Waals surface area (Å²) in [5, 5.41) is 4.96. The standard InChI is InChI=1S/C24H20O4Si/c1-27-23(25)29(24(26)28-2,21-15-7-11-17-9-3-5-13-19(17)21)22-16-8-12-18-10-4-6-14-20(18)22/h3-16H,1-2H3. The van der Waals surface area contributed by atoms with Crippen molar-refractivity contribution < 1.29 is 19.1 Å². The summed E-state index contributed by atoms with van der Waals surface area (Å²) < 4.78 is 10.5. The minimum absolute atomic E-state index is 0.544. The molecule has 0 aromatic heterocycles. The van der Waals surface area contributed by atoms with Gasteiger partial charge in [-0.25, -0.2) is 0 Å². The molecule has 0 aliphatic rings. The second-order valence-electron chi connectivity index (χ2n) is 6.79. The number of rotatable bonds is 4. The van der Waals surface area contributed by atoms with Crippen LogP contribution in [-0.4, -0.2) is 33.5 Å². The molecule has 0 bridgehead atoms. The molecule has 0 amide bonds. The maximum absolute atomic E-state index is 13.5. The SMILES string of the molecule is COC(=O)[Si](C(=O)OC)(c1cccc2ccccc12)c1cccc2ccccc12. The first-order valence-electron chi connectivity index (χ1n) is 9.28. The molecule has 0 N–H and O–H groups in total. The normalized spacial score (nSPS) is 11.4. The highest BCUT2D eigenvalue weighted by atomic mass is 28.3. The highest BCUT2D eigenvalue weighted by Gasteiger charge is 2.57. The Bertz CT molecular complexity index is 1120. The molecule has 0 fully saturated rings. The minimum Gasteiger partial charge on any atom is -0.472 e. The fourth-order valence-corrected chi connectivity index (χ4v) is 7.98. The average Bonchev–Trinajstić information content (AvgIpc) is 2.79. The zero-order valence-electron chi connectivity index (χ0n) is 16.2. The molecule has 0 unspecified atom stereocenters. The molecule has 0 aliphatic heterocycles. The maximum atomic E-state index is 13.5. The molecule has 0 heterocycles. The number of hydrogen-bond donors (Lipinski definition) is 0. The molecular formula is C24H20O4Si. The molecule has 4 rings (SSSR count). The van der Waals surface area contributed by atoms with E-state index in [4.69, 9.17) is 9.47 Å². The van der Waals surface area contributed by atoms with Gasteiger partial charge in [0.25, 0.3) is 11.2 Å². The highest BCUT2D eigenvalue weighted by Crippen LogP contribution is 2.23. The third-order valence-electron chi connectivity index (χ3n) is 5.37. The van der Waals surface area contributed by atoms with Crippen molar-refractivity contribution in [2.24, 2.45) is 0 Å². The van der Waals surface area contributed by atoms with E-state index in [0.29, 0.717) is 10.4 Å². The Labute approximate surface area is 169 Å². The highest BCUT2D eigenvalue weighted by molar-refractivity contribution is 7.38. The van der Waals surface area contributed by atoms with Crippen molar-refractivity contribution >= 4 is 51.2 Å². The van der Waals surface area contributed by atoms with Crippen LogP contribution in [0.4, 0.5) is 9.59 Å². The second-order valence-corrected chi connectivity index (χ2v) is 10.2. The number of hydrogen-bond acceptors (Lipinski definition) is 4. The van der Waals surface area contributed by atoms with E-state index in [-0.39, 0.29) is 0 Å². The monoisotopic (exact) mass is 400 g/mol. The summed E-state index contributed by atoms with van der Waals surface area (Å²) >= 11 is 0. The summed E-state index contributed by atoms with van der Waals surface area (Å²) in [6.07, 6.45) is 0. The van der Waals surface area contributed by atoms with Gasteiger partial charge in [0, 0.05) is 0 Å². The van der Waals surface area contributed by atoms with Crippen LogP contribution in [0.2, 0.25) is 0 Å². The predicted molar refractivity (Wildman–Crippen MR) is 118 cm³/mol. The van der Waals surface area contributed by atoms with E-state index < -0.39 is 19.3 Å². The topological polar surface area (TPSA) is 52.6 Å². The molecule has 5 heteroatoms. The molecule has 0 aliphatic carbocycles. The minimum atomic E-state index is -3.81. The molecule has 4 aromatic carbocycles. The first kappa shape index (κ1) is 18.9. The van der Waals surface area contributed by atoms with Crippen LogP contribution >= 0.6 is 0 Å². The lowest BCUT2D eigenvalue weighted by molar-refractivity contribution is 0.187. The van der Waals surface area contributed by atoms with Crippen LogP contribution < -0.4 is 10.4 Å². The van der Waals surface area contributed by atoms with Gasteiger partial charge in [0.2, 0.25) is 0 Å². The molecule has 29 heavy (non-hydrogen) atoms. The van der Waals surface area contributed by atoms with E-state index in [1.54, 1.807) is 0 Å². The lowest BCUT2D eigenvalue weighted by atomic mass is 10.1. The van der Waals surface area contributed by atoms with Gasteiger partial charge >= 0.3 is 8.07 Å². The molecule has 0 radical (unpaired) electrons. The van der Waals surface area contributed by atoms with Gasteiger partial charge in [0.15, 0.2) is 0 Å². The maximum Gasteiger partial charge on any atom is 0.372 e. The Hall–Kier alpha value is -3.44. The van der Waals surface area contributed by atoms with Crippen molar-refractivity contribution in [2.45, 2.75) is 0 Å². The molecular weight excluding hydrogens is 380 g/mol. The van der Waals surface area contributed by atoms with E-state index in [9.17, 15) is 9.59 Å². The summed E-state index contributed by atoms with van der Waals surface area (Å²) in [4.78, 5) is 26.9. The average molecular weight is 401 g/mol. The van der Waals surface area contributed by atoms with Crippen LogP contribution in [-0.2, 0) is 9.47 Å². The second kappa shape index (κ2) is 7.52. The van der Waals surface area contributed by atoms with Gasteiger partial charge in [-0.05, 0) is 31.9 Å². The lowest BCUT2D eigenvalue weighted by Crippen LogP contribution is -2.70. The van der Waals surface area contributed by atoms with Gasteiger partial charge in [0.05, 0.1) is 14.2 Å². The third-order valence-corrected chi connectivity index (χ3v) is 9.49. The van der Waals surface area contributed by atoms with E-state index >= 15 is 0 Å². The van der Waals surface area contributed by atoms with Gasteiger partial charge < -0.3 is 9.47 Å². The number of fused-ring (bicyclic) bond motifs is 2. The fraction of sp³-hybridized carbons (Fsp3) is 0.0833. The van der Waals surface area contributed by atoms with Crippen LogP contribution in [0.1, 0.15) is 0 Å². The molecule has 0 atom stereocenters. The van der Waals surface area contributed by atoms with Crippen molar-refractivity contribution in [1.29, 1.82) is 0 Å². The summed E-state index contributed by atoms with van der Waals surface area (Å²) in [6.45, 7) is 0. The molecule has 0 saturated carbocycles. The first-order chi connectivity index (χ1) is 14.1. The van der Waals surface area contributed by atoms with Gasteiger partial charge in [-0.3, -0.25) is 9.59 Å². The van der Waals surface area contributed by atoms with Crippen LogP contribution in [0.25, 0.3) is 21.5 Å². The largest absolute Gasteiger partial charge is 0.472 e. The number of carbonyl (C=O) groups excluding carboxylic acids is 2. The van der Waals surface area contributed by atoms with Crippen LogP contribution in [0.3, 0.4) is 0 Å². The van der Waals surface area contributed by atoms with Crippen molar-refractivity contribution in [2.75, 3.05) is 14.2 Å². The number of benzene rings is 4. The molecule has 4 nitrogen and oxygen atoms in total. The van der Waals surface area contributed by atoms with E-state index in [1.807, 2.05) is 84.9 Å². The number of methoxy groups -OCH3 is 2. The van der Waals surface area contributed by atoms with Crippen molar-refractivity contribution in [3.63, 3.8) is 0 Å². The van der Waals surface area contributed by atoms with Gasteiger partial charge in [-0.15, -0.1) is 0 Å². The van der Waals surface area contributed by atoms with Gasteiger partial charge in [-0.2, -0.15) is 0 Å². The Morgan fingerprint density at radius 1 is 0.586 bits per heavy atom.